The van der Waals surface area contributed by atoms with Crippen molar-refractivity contribution >= 4 is 0 Å². The first-order chi connectivity index (χ1) is 6.44. The van der Waals surface area contributed by atoms with E-state index in [9.17, 15) is 8.78 Å². The summed E-state index contributed by atoms with van der Waals surface area (Å²) in [6, 6.07) is -1.04. The molecule has 1 fully saturated rings. The van der Waals surface area contributed by atoms with Crippen LogP contribution in [-0.4, -0.2) is 12.5 Å². The highest BCUT2D eigenvalue weighted by molar-refractivity contribution is 5.27. The molecule has 2 bridgehead atoms. The molecule has 2 N–H and O–H groups in total. The van der Waals surface area contributed by atoms with Gasteiger partial charge in [-0.15, -0.1) is 0 Å². The van der Waals surface area contributed by atoms with E-state index < -0.39 is 12.5 Å². The molecule has 0 aromatic carbocycles. The van der Waals surface area contributed by atoms with Crippen molar-refractivity contribution in [3.63, 3.8) is 0 Å². The predicted octanol–water partition coefficient (Wildman–Crippen LogP) is 2.57. The maximum absolute atomic E-state index is 12.5. The molecule has 14 heavy (non-hydrogen) atoms. The van der Waals surface area contributed by atoms with Crippen LogP contribution in [0.2, 0.25) is 0 Å². The number of nitrogens with two attached hydrogens (primary N) is 1. The van der Waals surface area contributed by atoms with Gasteiger partial charge in [0.1, 0.15) is 0 Å². The fourth-order valence-electron chi connectivity index (χ4n) is 2.92. The summed E-state index contributed by atoms with van der Waals surface area (Å²) in [5.41, 5.74) is 6.50. The van der Waals surface area contributed by atoms with Crippen molar-refractivity contribution in [3.05, 3.63) is 11.6 Å². The Hall–Kier alpha value is -0.440. The van der Waals surface area contributed by atoms with E-state index >= 15 is 0 Å². The molecule has 1 saturated carbocycles. The standard InChI is InChI=1S/C11H17F2N/c1-11(2)6-3-4-7(8(11)5-6)9(14)10(12)13/h4,6,8-10H,3,5,14H2,1-2H3. The molecule has 80 valence electrons. The molecule has 3 rings (SSSR count). The van der Waals surface area contributed by atoms with Crippen molar-refractivity contribution in [2.24, 2.45) is 23.0 Å². The normalized spacial score (nSPS) is 36.3. The number of halogens is 2. The zero-order valence-electron chi connectivity index (χ0n) is 8.63. The first kappa shape index (κ1) is 10.1. The van der Waals surface area contributed by atoms with Crippen LogP contribution >= 0.6 is 0 Å². The second-order valence-electron chi connectivity index (χ2n) is 5.11. The molecule has 0 amide bonds. The fourth-order valence-corrected chi connectivity index (χ4v) is 2.92. The Morgan fingerprint density at radius 3 is 2.57 bits per heavy atom. The molecule has 0 aromatic heterocycles. The Morgan fingerprint density at radius 1 is 1.50 bits per heavy atom. The highest BCUT2D eigenvalue weighted by Gasteiger charge is 2.52. The van der Waals surface area contributed by atoms with E-state index in [1.54, 1.807) is 0 Å². The van der Waals surface area contributed by atoms with Crippen molar-refractivity contribution in [3.8, 4) is 0 Å². The molecule has 3 aliphatic carbocycles. The van der Waals surface area contributed by atoms with Gasteiger partial charge in [-0.05, 0) is 35.7 Å². The molecule has 1 nitrogen and oxygen atoms in total. The van der Waals surface area contributed by atoms with Crippen LogP contribution in [0.15, 0.2) is 11.6 Å². The van der Waals surface area contributed by atoms with Gasteiger partial charge in [0.25, 0.3) is 6.43 Å². The highest BCUT2D eigenvalue weighted by atomic mass is 19.3. The van der Waals surface area contributed by atoms with Gasteiger partial charge >= 0.3 is 0 Å². The molecule has 0 saturated heterocycles. The third-order valence-electron chi connectivity index (χ3n) is 4.17. The lowest BCUT2D eigenvalue weighted by atomic mass is 9.48. The quantitative estimate of drug-likeness (QED) is 0.683. The summed E-state index contributed by atoms with van der Waals surface area (Å²) < 4.78 is 25.0. The molecular formula is C11H17F2N. The molecule has 3 unspecified atom stereocenters. The van der Waals surface area contributed by atoms with Gasteiger partial charge in [-0.1, -0.05) is 19.9 Å². The largest absolute Gasteiger partial charge is 0.320 e. The third kappa shape index (κ3) is 1.22. The summed E-state index contributed by atoms with van der Waals surface area (Å²) in [6.07, 6.45) is 1.51. The molecule has 0 aliphatic heterocycles. The summed E-state index contributed by atoms with van der Waals surface area (Å²) in [6.45, 7) is 4.33. The molecular weight excluding hydrogens is 184 g/mol. The minimum Gasteiger partial charge on any atom is -0.320 e. The lowest BCUT2D eigenvalue weighted by Crippen LogP contribution is -2.52. The monoisotopic (exact) mass is 201 g/mol. The van der Waals surface area contributed by atoms with E-state index in [-0.39, 0.29) is 5.41 Å². The minimum atomic E-state index is -2.42. The highest BCUT2D eigenvalue weighted by Crippen LogP contribution is 2.59. The van der Waals surface area contributed by atoms with Gasteiger partial charge in [-0.3, -0.25) is 0 Å². The average molecular weight is 201 g/mol. The summed E-state index contributed by atoms with van der Waals surface area (Å²) in [4.78, 5) is 0. The smallest absolute Gasteiger partial charge is 0.257 e. The van der Waals surface area contributed by atoms with Crippen LogP contribution in [0.4, 0.5) is 8.78 Å². The zero-order valence-corrected chi connectivity index (χ0v) is 8.63. The van der Waals surface area contributed by atoms with E-state index in [2.05, 4.69) is 13.8 Å². The second kappa shape index (κ2) is 3.02. The Kier molecular flexibility index (Phi) is 2.18. The number of hydrogen-bond donors (Lipinski definition) is 1. The Balaban J connectivity index is 2.18. The lowest BCUT2D eigenvalue weighted by molar-refractivity contribution is -0.0171. The van der Waals surface area contributed by atoms with E-state index in [0.29, 0.717) is 11.8 Å². The fraction of sp³-hybridized carbons (Fsp3) is 0.818. The van der Waals surface area contributed by atoms with Gasteiger partial charge in [0.05, 0.1) is 6.04 Å². The maximum atomic E-state index is 12.5. The second-order valence-corrected chi connectivity index (χ2v) is 5.11. The number of rotatable bonds is 2. The van der Waals surface area contributed by atoms with E-state index in [1.165, 1.54) is 0 Å². The van der Waals surface area contributed by atoms with Crippen molar-refractivity contribution in [2.45, 2.75) is 39.2 Å². The van der Waals surface area contributed by atoms with Gasteiger partial charge in [-0.25, -0.2) is 8.78 Å². The molecule has 0 heterocycles. The Labute approximate surface area is 83.4 Å². The van der Waals surface area contributed by atoms with Crippen molar-refractivity contribution in [1.82, 2.24) is 0 Å². The minimum absolute atomic E-state index is 0.191. The SMILES string of the molecule is CC1(C)C2CC=C(C(N)C(F)F)C1C2. The predicted molar refractivity (Wildman–Crippen MR) is 52.1 cm³/mol. The number of hydrogen-bond acceptors (Lipinski definition) is 1. The van der Waals surface area contributed by atoms with Crippen LogP contribution in [0.5, 0.6) is 0 Å². The van der Waals surface area contributed by atoms with E-state index in [1.807, 2.05) is 6.08 Å². The summed E-state index contributed by atoms with van der Waals surface area (Å²) in [5.74, 6) is 0.978. The topological polar surface area (TPSA) is 26.0 Å². The molecule has 0 aromatic rings. The van der Waals surface area contributed by atoms with Gasteiger partial charge in [0, 0.05) is 0 Å². The van der Waals surface area contributed by atoms with E-state index in [0.717, 1.165) is 18.4 Å². The first-order valence-electron chi connectivity index (χ1n) is 5.18. The van der Waals surface area contributed by atoms with Crippen molar-refractivity contribution in [1.29, 1.82) is 0 Å². The first-order valence-corrected chi connectivity index (χ1v) is 5.18. The number of alkyl halides is 2. The Morgan fingerprint density at radius 2 is 2.14 bits per heavy atom. The lowest BCUT2D eigenvalue weighted by Gasteiger charge is -2.57. The van der Waals surface area contributed by atoms with Crippen LogP contribution in [0.3, 0.4) is 0 Å². The third-order valence-corrected chi connectivity index (χ3v) is 4.17. The molecule has 3 heteroatoms. The van der Waals surface area contributed by atoms with Gasteiger partial charge < -0.3 is 5.73 Å². The molecule has 3 atom stereocenters. The maximum Gasteiger partial charge on any atom is 0.257 e. The van der Waals surface area contributed by atoms with Crippen LogP contribution in [0.1, 0.15) is 26.7 Å². The Bertz CT molecular complexity index is 270. The number of fused-ring (bicyclic) bond motifs is 1. The summed E-state index contributed by atoms with van der Waals surface area (Å²) in [5, 5.41) is 0. The van der Waals surface area contributed by atoms with Crippen LogP contribution in [0, 0.1) is 17.3 Å². The van der Waals surface area contributed by atoms with E-state index in [4.69, 9.17) is 5.73 Å². The van der Waals surface area contributed by atoms with Gasteiger partial charge in [-0.2, -0.15) is 0 Å². The zero-order chi connectivity index (χ0) is 10.5. The van der Waals surface area contributed by atoms with Crippen LogP contribution in [-0.2, 0) is 0 Å². The molecule has 0 spiro atoms. The van der Waals surface area contributed by atoms with Crippen LogP contribution in [0.25, 0.3) is 0 Å². The van der Waals surface area contributed by atoms with Crippen molar-refractivity contribution < 1.29 is 8.78 Å². The average Bonchev–Trinajstić information content (AvgIpc) is 2.16. The van der Waals surface area contributed by atoms with Crippen LogP contribution < -0.4 is 5.73 Å². The van der Waals surface area contributed by atoms with Gasteiger partial charge in [0.2, 0.25) is 0 Å². The van der Waals surface area contributed by atoms with Gasteiger partial charge in [0.15, 0.2) is 0 Å². The number of allylic oxidation sites excluding steroid dienone is 1. The molecule has 3 aliphatic rings. The van der Waals surface area contributed by atoms with Crippen molar-refractivity contribution in [2.75, 3.05) is 0 Å². The summed E-state index contributed by atoms with van der Waals surface area (Å²) >= 11 is 0. The summed E-state index contributed by atoms with van der Waals surface area (Å²) in [7, 11) is 0. The molecule has 0 radical (unpaired) electrons.